The summed E-state index contributed by atoms with van der Waals surface area (Å²) in [6.07, 6.45) is 3.01. The van der Waals surface area contributed by atoms with Crippen molar-refractivity contribution >= 4 is 17.6 Å². The van der Waals surface area contributed by atoms with Gasteiger partial charge in [-0.05, 0) is 69.0 Å². The third-order valence-electron chi connectivity index (χ3n) is 5.63. The summed E-state index contributed by atoms with van der Waals surface area (Å²) in [4.78, 5) is 20.9. The predicted molar refractivity (Wildman–Crippen MR) is 143 cm³/mol. The Hall–Kier alpha value is -3.62. The average Bonchev–Trinajstić information content (AvgIpc) is 3.35. The minimum atomic E-state index is -0.509. The maximum absolute atomic E-state index is 14.4. The molecule has 0 fully saturated rings. The molecule has 0 radical (unpaired) electrons. The summed E-state index contributed by atoms with van der Waals surface area (Å²) >= 11 is 6.46. The van der Waals surface area contributed by atoms with Crippen LogP contribution in [0.1, 0.15) is 44.9 Å². The number of carbonyl (C=O) groups excluding carboxylic acids is 1. The number of pyridine rings is 1. The lowest BCUT2D eigenvalue weighted by Crippen LogP contribution is -2.23. The summed E-state index contributed by atoms with van der Waals surface area (Å²) in [5.41, 5.74) is 3.45. The quantitative estimate of drug-likeness (QED) is 0.211. The Bertz CT molecular complexity index is 1430. The Kier molecular flexibility index (Phi) is 8.54. The predicted octanol–water partition coefficient (Wildman–Crippen LogP) is 7.07. The highest BCUT2D eigenvalue weighted by Crippen LogP contribution is 2.32. The molecule has 0 saturated heterocycles. The number of hydrogen-bond donors (Lipinski definition) is 0. The molecular formula is C29H29ClFN3O4. The van der Waals surface area contributed by atoms with Gasteiger partial charge in [-0.25, -0.2) is 4.39 Å². The minimum absolute atomic E-state index is 0.250. The van der Waals surface area contributed by atoms with Gasteiger partial charge >= 0.3 is 5.97 Å². The summed E-state index contributed by atoms with van der Waals surface area (Å²) in [6.45, 7) is 5.80. The van der Waals surface area contributed by atoms with Gasteiger partial charge < -0.3 is 14.0 Å². The van der Waals surface area contributed by atoms with Crippen molar-refractivity contribution in [3.05, 3.63) is 76.8 Å². The van der Waals surface area contributed by atoms with Gasteiger partial charge in [-0.2, -0.15) is 4.98 Å². The van der Waals surface area contributed by atoms with Crippen LogP contribution in [0.4, 0.5) is 4.39 Å². The number of nitrogens with zero attached hydrogens (tertiary/aromatic N) is 3. The molecule has 38 heavy (non-hydrogen) atoms. The summed E-state index contributed by atoms with van der Waals surface area (Å²) in [6, 6.07) is 13.8. The fraction of sp³-hybridized carbons (Fsp3) is 0.310. The van der Waals surface area contributed by atoms with Gasteiger partial charge in [-0.3, -0.25) is 9.78 Å². The minimum Gasteiger partial charge on any atom is -0.460 e. The van der Waals surface area contributed by atoms with Crippen molar-refractivity contribution in [2.24, 2.45) is 0 Å². The van der Waals surface area contributed by atoms with Crippen molar-refractivity contribution in [1.82, 2.24) is 15.1 Å². The first kappa shape index (κ1) is 27.4. The zero-order valence-electron chi connectivity index (χ0n) is 21.8. The van der Waals surface area contributed by atoms with Gasteiger partial charge in [0.15, 0.2) is 0 Å². The van der Waals surface area contributed by atoms with Crippen molar-refractivity contribution < 1.29 is 23.2 Å². The zero-order chi connectivity index (χ0) is 27.3. The summed E-state index contributed by atoms with van der Waals surface area (Å²) < 4.78 is 30.6. The lowest BCUT2D eigenvalue weighted by molar-refractivity contribution is -0.154. The molecule has 0 spiro atoms. The second-order valence-electron chi connectivity index (χ2n) is 9.80. The smallest absolute Gasteiger partial charge is 0.306 e. The van der Waals surface area contributed by atoms with Gasteiger partial charge in [0.25, 0.3) is 5.89 Å². The molecule has 0 aliphatic heterocycles. The topological polar surface area (TPSA) is 87.3 Å². The summed E-state index contributed by atoms with van der Waals surface area (Å²) in [5.74, 6) is 0.0756. The van der Waals surface area contributed by atoms with Crippen molar-refractivity contribution in [2.75, 3.05) is 7.11 Å². The molecule has 0 saturated carbocycles. The van der Waals surface area contributed by atoms with E-state index in [1.165, 1.54) is 6.07 Å². The SMILES string of the molecule is COCc1cc(-c2nc(-c3cnc(CCCC(=O)OC(C)(C)C)c(Cl)c3)no2)ccc1-c1ccccc1F. The third kappa shape index (κ3) is 6.82. The summed E-state index contributed by atoms with van der Waals surface area (Å²) in [5, 5.41) is 4.54. The van der Waals surface area contributed by atoms with E-state index in [0.717, 1.165) is 11.1 Å². The molecule has 7 nitrogen and oxygen atoms in total. The molecule has 198 valence electrons. The van der Waals surface area contributed by atoms with Crippen LogP contribution in [0.3, 0.4) is 0 Å². The molecule has 4 aromatic rings. The highest BCUT2D eigenvalue weighted by Gasteiger charge is 2.18. The molecule has 2 aromatic carbocycles. The molecule has 0 aliphatic rings. The van der Waals surface area contributed by atoms with Crippen molar-refractivity contribution in [2.45, 2.75) is 52.2 Å². The number of aromatic nitrogens is 3. The summed E-state index contributed by atoms with van der Waals surface area (Å²) in [7, 11) is 1.58. The Morgan fingerprint density at radius 3 is 2.58 bits per heavy atom. The van der Waals surface area contributed by atoms with Gasteiger partial charge in [0.2, 0.25) is 5.82 Å². The molecule has 2 heterocycles. The van der Waals surface area contributed by atoms with E-state index in [0.29, 0.717) is 52.0 Å². The molecule has 0 atom stereocenters. The molecule has 0 unspecified atom stereocenters. The van der Waals surface area contributed by atoms with E-state index >= 15 is 0 Å². The number of methoxy groups -OCH3 is 1. The van der Waals surface area contributed by atoms with Crippen LogP contribution in [0.15, 0.2) is 59.3 Å². The van der Waals surface area contributed by atoms with Crippen LogP contribution in [0.25, 0.3) is 34.0 Å². The van der Waals surface area contributed by atoms with Crippen molar-refractivity contribution in [3.8, 4) is 34.0 Å². The Labute approximate surface area is 226 Å². The second kappa shape index (κ2) is 11.8. The first-order valence-corrected chi connectivity index (χ1v) is 12.6. The highest BCUT2D eigenvalue weighted by atomic mass is 35.5. The van der Waals surface area contributed by atoms with Crippen LogP contribution in [0, 0.1) is 5.82 Å². The van der Waals surface area contributed by atoms with E-state index in [9.17, 15) is 9.18 Å². The third-order valence-corrected chi connectivity index (χ3v) is 5.96. The molecule has 0 aliphatic carbocycles. The van der Waals surface area contributed by atoms with Crippen LogP contribution < -0.4 is 0 Å². The van der Waals surface area contributed by atoms with Gasteiger partial charge in [0.05, 0.1) is 17.3 Å². The van der Waals surface area contributed by atoms with E-state index < -0.39 is 5.60 Å². The zero-order valence-corrected chi connectivity index (χ0v) is 22.5. The van der Waals surface area contributed by atoms with E-state index in [1.807, 2.05) is 32.9 Å². The van der Waals surface area contributed by atoms with Crippen LogP contribution in [-0.4, -0.2) is 33.8 Å². The van der Waals surface area contributed by atoms with Crippen LogP contribution in [0.5, 0.6) is 0 Å². The van der Waals surface area contributed by atoms with E-state index in [2.05, 4.69) is 15.1 Å². The number of carbonyl (C=O) groups is 1. The van der Waals surface area contributed by atoms with Gasteiger partial charge in [0.1, 0.15) is 11.4 Å². The number of ether oxygens (including phenoxy) is 2. The Balaban J connectivity index is 1.49. The Morgan fingerprint density at radius 2 is 1.87 bits per heavy atom. The lowest BCUT2D eigenvalue weighted by atomic mass is 9.97. The van der Waals surface area contributed by atoms with E-state index in [4.69, 9.17) is 25.6 Å². The van der Waals surface area contributed by atoms with Gasteiger partial charge in [-0.15, -0.1) is 0 Å². The molecule has 4 rings (SSSR count). The van der Waals surface area contributed by atoms with E-state index in [-0.39, 0.29) is 24.8 Å². The fourth-order valence-electron chi connectivity index (χ4n) is 3.97. The second-order valence-corrected chi connectivity index (χ2v) is 10.2. The fourth-order valence-corrected chi connectivity index (χ4v) is 4.23. The van der Waals surface area contributed by atoms with Crippen molar-refractivity contribution in [1.29, 1.82) is 0 Å². The number of aryl methyl sites for hydroxylation is 1. The molecular weight excluding hydrogens is 509 g/mol. The number of rotatable bonds is 9. The van der Waals surface area contributed by atoms with Crippen LogP contribution in [0.2, 0.25) is 5.02 Å². The normalized spacial score (nSPS) is 11.5. The number of esters is 1. The highest BCUT2D eigenvalue weighted by molar-refractivity contribution is 6.31. The maximum Gasteiger partial charge on any atom is 0.306 e. The molecule has 2 aromatic heterocycles. The van der Waals surface area contributed by atoms with Gasteiger partial charge in [0, 0.05) is 36.4 Å². The Morgan fingerprint density at radius 1 is 1.08 bits per heavy atom. The monoisotopic (exact) mass is 537 g/mol. The average molecular weight is 538 g/mol. The van der Waals surface area contributed by atoms with Crippen LogP contribution >= 0.6 is 11.6 Å². The molecule has 9 heteroatoms. The number of benzene rings is 2. The largest absolute Gasteiger partial charge is 0.460 e. The first-order valence-electron chi connectivity index (χ1n) is 12.2. The number of hydrogen-bond acceptors (Lipinski definition) is 7. The maximum atomic E-state index is 14.4. The van der Waals surface area contributed by atoms with Gasteiger partial charge in [-0.1, -0.05) is 41.0 Å². The standard InChI is InChI=1S/C29H29ClFN3O4/c1-29(2,3)37-26(35)11-7-10-25-23(30)15-19(16-32-25)27-33-28(38-34-27)18-12-13-21(20(14-18)17-36-4)22-8-5-6-9-24(22)31/h5-6,8-9,12-16H,7,10-11,17H2,1-4H3. The first-order chi connectivity index (χ1) is 18.1. The molecule has 0 N–H and O–H groups in total. The van der Waals surface area contributed by atoms with Crippen molar-refractivity contribution in [3.63, 3.8) is 0 Å². The lowest BCUT2D eigenvalue weighted by Gasteiger charge is -2.19. The number of halogens is 2. The van der Waals surface area contributed by atoms with E-state index in [1.54, 1.807) is 43.6 Å². The van der Waals surface area contributed by atoms with Crippen LogP contribution in [-0.2, 0) is 27.3 Å². The molecule has 0 bridgehead atoms. The molecule has 0 amide bonds.